The molecule has 1 aliphatic heterocycles. The summed E-state index contributed by atoms with van der Waals surface area (Å²) in [4.78, 5) is 39.6. The molecule has 0 aliphatic carbocycles. The lowest BCUT2D eigenvalue weighted by Gasteiger charge is -2.26. The summed E-state index contributed by atoms with van der Waals surface area (Å²) in [5.41, 5.74) is 1.89. The minimum Gasteiger partial charge on any atom is -0.435 e. The summed E-state index contributed by atoms with van der Waals surface area (Å²) in [5.74, 6) is -1.09. The highest BCUT2D eigenvalue weighted by molar-refractivity contribution is 6.33. The number of hydrogen-bond donors (Lipinski definition) is 2. The number of nitrogens with one attached hydrogen (secondary N) is 1. The van der Waals surface area contributed by atoms with Crippen molar-refractivity contribution in [3.8, 4) is 17.0 Å². The van der Waals surface area contributed by atoms with Crippen LogP contribution in [0.1, 0.15) is 34.6 Å². The van der Waals surface area contributed by atoms with E-state index in [0.717, 1.165) is 0 Å². The molecule has 0 unspecified atom stereocenters. The lowest BCUT2D eigenvalue weighted by Crippen LogP contribution is -2.46. The van der Waals surface area contributed by atoms with Crippen LogP contribution in [0.2, 0.25) is 10.3 Å². The van der Waals surface area contributed by atoms with E-state index in [1.807, 2.05) is 0 Å². The van der Waals surface area contributed by atoms with E-state index in [4.69, 9.17) is 23.2 Å². The van der Waals surface area contributed by atoms with Crippen LogP contribution in [0.25, 0.3) is 11.3 Å². The van der Waals surface area contributed by atoms with Gasteiger partial charge in [0.2, 0.25) is 11.2 Å². The molecular weight excluding hydrogens is 519 g/mol. The Morgan fingerprint density at radius 2 is 2.03 bits per heavy atom. The third-order valence-electron chi connectivity index (χ3n) is 5.60. The number of halogens is 4. The van der Waals surface area contributed by atoms with Gasteiger partial charge >= 0.3 is 6.61 Å². The van der Waals surface area contributed by atoms with E-state index >= 15 is 0 Å². The maximum atomic E-state index is 13.1. The summed E-state index contributed by atoms with van der Waals surface area (Å²) in [6.45, 7) is -1.89. The number of aromatic nitrogens is 3. The van der Waals surface area contributed by atoms with E-state index in [2.05, 4.69) is 25.0 Å². The van der Waals surface area contributed by atoms with E-state index < -0.39 is 37.1 Å². The fourth-order valence-electron chi connectivity index (χ4n) is 3.76. The van der Waals surface area contributed by atoms with Gasteiger partial charge < -0.3 is 20.1 Å². The molecule has 0 radical (unpaired) electrons. The lowest BCUT2D eigenvalue weighted by atomic mass is 10.1. The van der Waals surface area contributed by atoms with Crippen LogP contribution in [0.15, 0.2) is 42.7 Å². The van der Waals surface area contributed by atoms with Crippen LogP contribution in [0.4, 0.5) is 8.78 Å². The summed E-state index contributed by atoms with van der Waals surface area (Å²) in [7, 11) is 0. The van der Waals surface area contributed by atoms with Gasteiger partial charge in [0, 0.05) is 11.8 Å². The van der Waals surface area contributed by atoms with E-state index in [-0.39, 0.29) is 28.2 Å². The van der Waals surface area contributed by atoms with Gasteiger partial charge in [0.1, 0.15) is 11.8 Å². The van der Waals surface area contributed by atoms with Gasteiger partial charge in [-0.3, -0.25) is 14.6 Å². The summed E-state index contributed by atoms with van der Waals surface area (Å²) in [6.07, 6.45) is 2.84. The highest BCUT2D eigenvalue weighted by Gasteiger charge is 2.36. The molecule has 2 atom stereocenters. The van der Waals surface area contributed by atoms with Crippen LogP contribution < -0.4 is 10.1 Å². The van der Waals surface area contributed by atoms with Crippen LogP contribution in [-0.2, 0) is 11.3 Å². The van der Waals surface area contributed by atoms with Crippen molar-refractivity contribution in [3.05, 3.63) is 69.9 Å². The summed E-state index contributed by atoms with van der Waals surface area (Å²) >= 11 is 12.0. The summed E-state index contributed by atoms with van der Waals surface area (Å²) in [6, 6.07) is 5.38. The van der Waals surface area contributed by atoms with Crippen LogP contribution in [0.5, 0.6) is 5.75 Å². The van der Waals surface area contributed by atoms with Crippen molar-refractivity contribution in [2.45, 2.75) is 32.2 Å². The summed E-state index contributed by atoms with van der Waals surface area (Å²) < 4.78 is 29.4. The second-order valence-corrected chi connectivity index (χ2v) is 8.60. The van der Waals surface area contributed by atoms with Gasteiger partial charge in [-0.05, 0) is 42.3 Å². The quantitative estimate of drug-likeness (QED) is 0.421. The van der Waals surface area contributed by atoms with Gasteiger partial charge in [-0.1, -0.05) is 23.7 Å². The number of aliphatic hydroxyl groups excluding tert-OH is 1. The molecule has 13 heteroatoms. The van der Waals surface area contributed by atoms with Crippen LogP contribution in [0, 0.1) is 0 Å². The zero-order chi connectivity index (χ0) is 26.0. The number of alkyl halides is 2. The first-order valence-electron chi connectivity index (χ1n) is 10.6. The maximum absolute atomic E-state index is 13.1. The highest BCUT2D eigenvalue weighted by Crippen LogP contribution is 2.31. The van der Waals surface area contributed by atoms with Crippen molar-refractivity contribution in [1.82, 2.24) is 25.2 Å². The van der Waals surface area contributed by atoms with Crippen molar-refractivity contribution >= 4 is 35.0 Å². The second-order valence-electron chi connectivity index (χ2n) is 7.86. The Bertz CT molecular complexity index is 1310. The second kappa shape index (κ2) is 10.7. The molecule has 1 aliphatic rings. The molecule has 3 aromatic rings. The molecule has 2 N–H and O–H groups in total. The van der Waals surface area contributed by atoms with Gasteiger partial charge in [0.15, 0.2) is 0 Å². The van der Waals surface area contributed by atoms with Crippen LogP contribution in [-0.4, -0.2) is 56.0 Å². The molecule has 0 spiro atoms. The van der Waals surface area contributed by atoms with Gasteiger partial charge in [0.05, 0.1) is 47.4 Å². The molecule has 2 aromatic heterocycles. The smallest absolute Gasteiger partial charge is 0.387 e. The number of amides is 2. The van der Waals surface area contributed by atoms with Crippen LogP contribution >= 0.6 is 23.2 Å². The minimum absolute atomic E-state index is 0.0158. The first-order chi connectivity index (χ1) is 17.2. The van der Waals surface area contributed by atoms with E-state index in [1.54, 1.807) is 12.1 Å². The van der Waals surface area contributed by atoms with Gasteiger partial charge in [0.25, 0.3) is 5.91 Å². The first-order valence-corrected chi connectivity index (χ1v) is 11.4. The number of ether oxygens (including phenoxy) is 1. The number of carbonyl (C=O) groups excluding carboxylic acids is 2. The third-order valence-corrected chi connectivity index (χ3v) is 6.06. The molecule has 0 bridgehead atoms. The average Bonchev–Trinajstić information content (AvgIpc) is 3.18. The van der Waals surface area contributed by atoms with Crippen molar-refractivity contribution in [2.24, 2.45) is 0 Å². The van der Waals surface area contributed by atoms with Crippen molar-refractivity contribution < 1.29 is 28.2 Å². The van der Waals surface area contributed by atoms with E-state index in [1.165, 1.54) is 42.4 Å². The molecular formula is C23H19Cl2F2N5O4. The topological polar surface area (TPSA) is 118 Å². The number of pyridine rings is 1. The molecule has 0 saturated carbocycles. The lowest BCUT2D eigenvalue weighted by molar-refractivity contribution is -0.126. The minimum atomic E-state index is -3.01. The molecule has 4 rings (SSSR count). The monoisotopic (exact) mass is 537 g/mol. The highest BCUT2D eigenvalue weighted by atomic mass is 35.5. The zero-order valence-electron chi connectivity index (χ0n) is 18.7. The Balaban J connectivity index is 1.50. The van der Waals surface area contributed by atoms with Crippen molar-refractivity contribution in [3.63, 3.8) is 0 Å². The van der Waals surface area contributed by atoms with Gasteiger partial charge in [-0.15, -0.1) is 0 Å². The maximum Gasteiger partial charge on any atom is 0.387 e. The van der Waals surface area contributed by atoms with Gasteiger partial charge in [-0.25, -0.2) is 9.97 Å². The molecule has 1 aromatic carbocycles. The number of hydrogen-bond acceptors (Lipinski definition) is 7. The predicted octanol–water partition coefficient (Wildman–Crippen LogP) is 3.64. The Labute approximate surface area is 214 Å². The van der Waals surface area contributed by atoms with Crippen molar-refractivity contribution in [1.29, 1.82) is 0 Å². The molecule has 0 saturated heterocycles. The average molecular weight is 538 g/mol. The number of nitrogens with zero attached hydrogens (tertiary/aromatic N) is 4. The molecule has 3 heterocycles. The number of fused-ring (bicyclic) bond motifs is 1. The number of benzene rings is 1. The third kappa shape index (κ3) is 5.38. The Morgan fingerprint density at radius 1 is 1.25 bits per heavy atom. The fourth-order valence-corrected chi connectivity index (χ4v) is 4.09. The Morgan fingerprint density at radius 3 is 2.75 bits per heavy atom. The van der Waals surface area contributed by atoms with Gasteiger partial charge in [-0.2, -0.15) is 8.78 Å². The zero-order valence-corrected chi connectivity index (χ0v) is 20.2. The molecule has 9 nitrogen and oxygen atoms in total. The molecule has 2 amide bonds. The predicted molar refractivity (Wildman–Crippen MR) is 126 cm³/mol. The molecule has 36 heavy (non-hydrogen) atoms. The number of aliphatic hydroxyl groups is 1. The Kier molecular flexibility index (Phi) is 7.62. The standard InChI is InChI=1S/C23H19Cl2F2N5O4/c1-11(20(34)30-18(10-33)12-3-2-4-14(5-12)36-23(26)27)32-9-17-15(21(32)35)6-13(7-28-17)19-16(24)8-29-22(25)31-19/h2-8,11,18,23,33H,9-10H2,1H3,(H,30,34)/t11-,18-/m1/s1. The SMILES string of the molecule is C[C@H](C(=O)N[C@H](CO)c1cccc(OC(F)F)c1)N1Cc2ncc(-c3nc(Cl)ncc3Cl)cc2C1=O. The normalized spacial score (nSPS) is 14.5. The van der Waals surface area contributed by atoms with E-state index in [0.29, 0.717) is 22.5 Å². The van der Waals surface area contributed by atoms with Crippen molar-refractivity contribution in [2.75, 3.05) is 6.61 Å². The summed E-state index contributed by atoms with van der Waals surface area (Å²) in [5, 5.41) is 12.7. The number of carbonyl (C=O) groups is 2. The number of rotatable bonds is 8. The first kappa shape index (κ1) is 25.7. The molecule has 0 fully saturated rings. The largest absolute Gasteiger partial charge is 0.435 e. The van der Waals surface area contributed by atoms with E-state index in [9.17, 15) is 23.5 Å². The van der Waals surface area contributed by atoms with Crippen LogP contribution in [0.3, 0.4) is 0 Å². The molecule has 188 valence electrons. The Hall–Kier alpha value is -3.41. The fraction of sp³-hybridized carbons (Fsp3) is 0.261.